The lowest BCUT2D eigenvalue weighted by molar-refractivity contribution is -0.147. The van der Waals surface area contributed by atoms with Crippen LogP contribution in [-0.2, 0) is 16.1 Å². The van der Waals surface area contributed by atoms with Gasteiger partial charge in [0.2, 0.25) is 0 Å². The minimum atomic E-state index is -0.222. The van der Waals surface area contributed by atoms with Crippen molar-refractivity contribution in [2.75, 3.05) is 13.2 Å². The van der Waals surface area contributed by atoms with Gasteiger partial charge in [-0.25, -0.2) is 4.39 Å². The highest BCUT2D eigenvalue weighted by Crippen LogP contribution is 2.02. The molecule has 0 saturated heterocycles. The van der Waals surface area contributed by atoms with Crippen LogP contribution in [0.15, 0.2) is 24.3 Å². The lowest BCUT2D eigenvalue weighted by atomic mass is 10.2. The standard InChI is InChI=1S/C14H20FNO2/c1-11(2)14(17)18-8-4-7-16-10-12-5-3-6-13(15)9-12/h3,5-6,9,11,16H,4,7-8,10H2,1-2H3. The van der Waals surface area contributed by atoms with Crippen molar-refractivity contribution in [3.05, 3.63) is 35.6 Å². The molecular weight excluding hydrogens is 233 g/mol. The Hall–Kier alpha value is -1.42. The van der Waals surface area contributed by atoms with E-state index < -0.39 is 0 Å². The normalized spacial score (nSPS) is 10.7. The second kappa shape index (κ2) is 7.82. The highest BCUT2D eigenvalue weighted by atomic mass is 19.1. The maximum atomic E-state index is 12.9. The molecule has 0 aliphatic carbocycles. The van der Waals surface area contributed by atoms with Crippen molar-refractivity contribution in [3.63, 3.8) is 0 Å². The molecule has 0 aliphatic rings. The number of hydrogen-bond acceptors (Lipinski definition) is 3. The van der Waals surface area contributed by atoms with Gasteiger partial charge in [0, 0.05) is 6.54 Å². The number of benzene rings is 1. The molecule has 0 fully saturated rings. The molecule has 18 heavy (non-hydrogen) atoms. The maximum absolute atomic E-state index is 12.9. The van der Waals surface area contributed by atoms with Crippen LogP contribution >= 0.6 is 0 Å². The number of ether oxygens (including phenoxy) is 1. The molecule has 3 nitrogen and oxygen atoms in total. The van der Waals surface area contributed by atoms with Crippen LogP contribution < -0.4 is 5.32 Å². The van der Waals surface area contributed by atoms with Crippen LogP contribution in [0.3, 0.4) is 0 Å². The Balaban J connectivity index is 2.07. The van der Waals surface area contributed by atoms with Crippen LogP contribution in [0.4, 0.5) is 4.39 Å². The topological polar surface area (TPSA) is 38.3 Å². The van der Waals surface area contributed by atoms with Crippen molar-refractivity contribution >= 4 is 5.97 Å². The van der Waals surface area contributed by atoms with Gasteiger partial charge in [-0.2, -0.15) is 0 Å². The third-order valence-corrected chi connectivity index (χ3v) is 2.43. The molecule has 0 atom stereocenters. The summed E-state index contributed by atoms with van der Waals surface area (Å²) in [6, 6.07) is 6.49. The first-order chi connectivity index (χ1) is 8.59. The zero-order chi connectivity index (χ0) is 13.4. The molecule has 0 aliphatic heterocycles. The molecule has 0 radical (unpaired) electrons. The van der Waals surface area contributed by atoms with E-state index in [0.717, 1.165) is 18.5 Å². The minimum Gasteiger partial charge on any atom is -0.465 e. The molecular formula is C14H20FNO2. The number of esters is 1. The van der Waals surface area contributed by atoms with Gasteiger partial charge in [0.15, 0.2) is 0 Å². The summed E-state index contributed by atoms with van der Waals surface area (Å²) >= 11 is 0. The van der Waals surface area contributed by atoms with Crippen molar-refractivity contribution in [1.29, 1.82) is 0 Å². The highest BCUT2D eigenvalue weighted by molar-refractivity contribution is 5.71. The number of halogens is 1. The van der Waals surface area contributed by atoms with E-state index in [0.29, 0.717) is 13.2 Å². The van der Waals surface area contributed by atoms with Crippen LogP contribution in [0, 0.1) is 11.7 Å². The zero-order valence-electron chi connectivity index (χ0n) is 10.9. The fourth-order valence-electron chi connectivity index (χ4n) is 1.42. The second-order valence-corrected chi connectivity index (χ2v) is 4.48. The van der Waals surface area contributed by atoms with Crippen molar-refractivity contribution in [1.82, 2.24) is 5.32 Å². The summed E-state index contributed by atoms with van der Waals surface area (Å²) in [7, 11) is 0. The fourth-order valence-corrected chi connectivity index (χ4v) is 1.42. The minimum absolute atomic E-state index is 0.0785. The SMILES string of the molecule is CC(C)C(=O)OCCCNCc1cccc(F)c1. The van der Waals surface area contributed by atoms with Gasteiger partial charge in [-0.3, -0.25) is 4.79 Å². The molecule has 0 spiro atoms. The Morgan fingerprint density at radius 1 is 1.44 bits per heavy atom. The van der Waals surface area contributed by atoms with E-state index in [2.05, 4.69) is 5.32 Å². The van der Waals surface area contributed by atoms with E-state index in [1.54, 1.807) is 6.07 Å². The third-order valence-electron chi connectivity index (χ3n) is 2.43. The van der Waals surface area contributed by atoms with Gasteiger partial charge in [-0.15, -0.1) is 0 Å². The average Bonchev–Trinajstić information content (AvgIpc) is 2.33. The monoisotopic (exact) mass is 253 g/mol. The summed E-state index contributed by atoms with van der Waals surface area (Å²) in [6.07, 6.45) is 0.758. The van der Waals surface area contributed by atoms with Crippen LogP contribution in [0.5, 0.6) is 0 Å². The van der Waals surface area contributed by atoms with Crippen molar-refractivity contribution < 1.29 is 13.9 Å². The van der Waals surface area contributed by atoms with Gasteiger partial charge in [-0.1, -0.05) is 26.0 Å². The van der Waals surface area contributed by atoms with Gasteiger partial charge in [0.05, 0.1) is 12.5 Å². The Labute approximate surface area is 107 Å². The van der Waals surface area contributed by atoms with Gasteiger partial charge >= 0.3 is 5.97 Å². The molecule has 1 rings (SSSR count). The molecule has 1 aromatic rings. The van der Waals surface area contributed by atoms with Crippen molar-refractivity contribution in [2.24, 2.45) is 5.92 Å². The van der Waals surface area contributed by atoms with E-state index in [1.807, 2.05) is 19.9 Å². The molecule has 0 unspecified atom stereocenters. The summed E-state index contributed by atoms with van der Waals surface area (Å²) in [5, 5.41) is 3.17. The third kappa shape index (κ3) is 5.77. The average molecular weight is 253 g/mol. The van der Waals surface area contributed by atoms with E-state index in [1.165, 1.54) is 12.1 Å². The quantitative estimate of drug-likeness (QED) is 0.599. The maximum Gasteiger partial charge on any atom is 0.308 e. The van der Waals surface area contributed by atoms with Gasteiger partial charge in [0.25, 0.3) is 0 Å². The second-order valence-electron chi connectivity index (χ2n) is 4.48. The molecule has 100 valence electrons. The summed E-state index contributed by atoms with van der Waals surface area (Å²) < 4.78 is 17.9. The molecule has 4 heteroatoms. The lowest BCUT2D eigenvalue weighted by Crippen LogP contribution is -2.18. The lowest BCUT2D eigenvalue weighted by Gasteiger charge is -2.08. The van der Waals surface area contributed by atoms with Gasteiger partial charge < -0.3 is 10.1 Å². The largest absolute Gasteiger partial charge is 0.465 e. The number of carbonyl (C=O) groups is 1. The van der Waals surface area contributed by atoms with E-state index in [4.69, 9.17) is 4.74 Å². The summed E-state index contributed by atoms with van der Waals surface area (Å²) in [5.74, 6) is -0.467. The fraction of sp³-hybridized carbons (Fsp3) is 0.500. The molecule has 0 heterocycles. The van der Waals surface area contributed by atoms with Gasteiger partial charge in [-0.05, 0) is 30.7 Å². The summed E-state index contributed by atoms with van der Waals surface area (Å²) in [5.41, 5.74) is 0.911. The molecule has 0 bridgehead atoms. The first-order valence-electron chi connectivity index (χ1n) is 6.21. The predicted octanol–water partition coefficient (Wildman–Crippen LogP) is 2.50. The number of hydrogen-bond donors (Lipinski definition) is 1. The Morgan fingerprint density at radius 2 is 2.22 bits per heavy atom. The summed E-state index contributed by atoms with van der Waals surface area (Å²) in [4.78, 5) is 11.2. The molecule has 0 saturated carbocycles. The smallest absolute Gasteiger partial charge is 0.308 e. The molecule has 0 amide bonds. The van der Waals surface area contributed by atoms with Crippen molar-refractivity contribution in [2.45, 2.75) is 26.8 Å². The Kier molecular flexibility index (Phi) is 6.36. The first kappa shape index (κ1) is 14.6. The summed E-state index contributed by atoms with van der Waals surface area (Å²) in [6.45, 7) is 5.40. The zero-order valence-corrected chi connectivity index (χ0v) is 10.9. The number of carbonyl (C=O) groups excluding carboxylic acids is 1. The predicted molar refractivity (Wildman–Crippen MR) is 68.5 cm³/mol. The van der Waals surface area contributed by atoms with Crippen LogP contribution in [0.25, 0.3) is 0 Å². The van der Waals surface area contributed by atoms with E-state index in [-0.39, 0.29) is 17.7 Å². The molecule has 0 aromatic heterocycles. The van der Waals surface area contributed by atoms with Crippen molar-refractivity contribution in [3.8, 4) is 0 Å². The Bertz CT molecular complexity index is 380. The Morgan fingerprint density at radius 3 is 2.89 bits per heavy atom. The number of nitrogens with one attached hydrogen (secondary N) is 1. The molecule has 1 N–H and O–H groups in total. The van der Waals surface area contributed by atoms with E-state index in [9.17, 15) is 9.18 Å². The molecule has 1 aromatic carbocycles. The number of rotatable bonds is 7. The van der Waals surface area contributed by atoms with Crippen LogP contribution in [0.2, 0.25) is 0 Å². The van der Waals surface area contributed by atoms with Crippen LogP contribution in [0.1, 0.15) is 25.8 Å². The highest BCUT2D eigenvalue weighted by Gasteiger charge is 2.06. The van der Waals surface area contributed by atoms with Crippen LogP contribution in [-0.4, -0.2) is 19.1 Å². The van der Waals surface area contributed by atoms with Gasteiger partial charge in [0.1, 0.15) is 5.82 Å². The first-order valence-corrected chi connectivity index (χ1v) is 6.21. The van der Waals surface area contributed by atoms with E-state index >= 15 is 0 Å².